The number of H-pyrrole nitrogens is 2. The van der Waals surface area contributed by atoms with Crippen molar-refractivity contribution in [2.75, 3.05) is 0 Å². The van der Waals surface area contributed by atoms with Crippen molar-refractivity contribution in [3.8, 4) is 0 Å². The fraction of sp³-hybridized carbons (Fsp3) is 0.462. The van der Waals surface area contributed by atoms with Crippen molar-refractivity contribution in [3.63, 3.8) is 0 Å². The van der Waals surface area contributed by atoms with E-state index in [1.165, 1.54) is 49.1 Å². The van der Waals surface area contributed by atoms with Crippen LogP contribution in [-0.2, 0) is 49.7 Å². The maximum absolute atomic E-state index is 5.62. The van der Waals surface area contributed by atoms with Gasteiger partial charge in [0, 0.05) is 117 Å². The monoisotopic (exact) mass is 1470 g/mol. The summed E-state index contributed by atoms with van der Waals surface area (Å²) in [5.74, 6) is 0.800. The van der Waals surface area contributed by atoms with Crippen molar-refractivity contribution in [2.24, 2.45) is 20.8 Å². The predicted molar refractivity (Wildman–Crippen MR) is 461 cm³/mol. The van der Waals surface area contributed by atoms with Crippen LogP contribution >= 0.6 is 11.3 Å². The molecule has 0 atom stereocenters. The van der Waals surface area contributed by atoms with Gasteiger partial charge in [0.25, 0.3) is 0 Å². The van der Waals surface area contributed by atoms with Gasteiger partial charge in [0.2, 0.25) is 5.89 Å². The number of aromatic nitrogens is 10. The summed E-state index contributed by atoms with van der Waals surface area (Å²) >= 11 is 1.79. The number of aliphatic imine (C=N–C) groups is 2. The van der Waals surface area contributed by atoms with Gasteiger partial charge in [-0.15, -0.1) is 11.3 Å². The Morgan fingerprint density at radius 2 is 0.935 bits per heavy atom. The summed E-state index contributed by atoms with van der Waals surface area (Å²) in [6, 6.07) is 51.3. The lowest BCUT2D eigenvalue weighted by molar-refractivity contribution is 0.411. The van der Waals surface area contributed by atoms with Crippen molar-refractivity contribution in [1.29, 1.82) is 0 Å². The Kier molecular flexibility index (Phi) is 34.8. The highest BCUT2D eigenvalue weighted by atomic mass is 32.1. The number of para-hydroxylation sites is 4. The van der Waals surface area contributed by atoms with E-state index in [9.17, 15) is 0 Å². The molecule has 11 aromatic rings. The molecule has 0 bridgehead atoms. The minimum atomic E-state index is -0.0149. The molecule has 0 saturated heterocycles. The molecule has 4 aromatic carbocycles. The van der Waals surface area contributed by atoms with Crippen LogP contribution in [0.2, 0.25) is 0 Å². The van der Waals surface area contributed by atoms with Crippen molar-refractivity contribution < 1.29 is 4.42 Å². The van der Waals surface area contributed by atoms with E-state index in [4.69, 9.17) is 4.42 Å². The van der Waals surface area contributed by atoms with E-state index in [-0.39, 0.29) is 56.2 Å². The topological polar surface area (TPSA) is 173 Å². The minimum Gasteiger partial charge on any atom is -0.440 e. The van der Waals surface area contributed by atoms with Crippen LogP contribution in [0.1, 0.15) is 272 Å². The number of nitrogens with one attached hydrogen (secondary N) is 2. The number of allylic oxidation sites excluding steroid dienone is 1. The van der Waals surface area contributed by atoms with Gasteiger partial charge in [-0.05, 0) is 105 Å². The first-order chi connectivity index (χ1) is 49.0. The minimum absolute atomic E-state index is 0. The summed E-state index contributed by atoms with van der Waals surface area (Å²) in [5.41, 5.74) is 17.3. The molecule has 2 aliphatic heterocycles. The molecular formula is C93H134N12OS. The van der Waals surface area contributed by atoms with Crippen LogP contribution in [0.25, 0.3) is 21.3 Å². The van der Waals surface area contributed by atoms with Crippen LogP contribution < -0.4 is 0 Å². The van der Waals surface area contributed by atoms with Gasteiger partial charge in [-0.2, -0.15) is 20.5 Å². The second-order valence-corrected chi connectivity index (χ2v) is 37.9. The van der Waals surface area contributed by atoms with Crippen LogP contribution in [-0.4, -0.2) is 62.0 Å². The number of pyridine rings is 3. The molecule has 0 unspecified atom stereocenters. The number of oxazole rings is 1. The molecule has 578 valence electrons. The van der Waals surface area contributed by atoms with Gasteiger partial charge < -0.3 is 4.42 Å². The van der Waals surface area contributed by atoms with Crippen LogP contribution in [0, 0.1) is 10.8 Å². The molecule has 2 N–H and O–H groups in total. The van der Waals surface area contributed by atoms with Crippen molar-refractivity contribution >= 4 is 49.8 Å². The number of aromatic amines is 2. The quantitative estimate of drug-likeness (QED) is 0.150. The number of rotatable bonds is 0. The van der Waals surface area contributed by atoms with Gasteiger partial charge in [0.1, 0.15) is 5.52 Å². The second kappa shape index (κ2) is 40.4. The maximum Gasteiger partial charge on any atom is 0.200 e. The van der Waals surface area contributed by atoms with E-state index in [0.717, 1.165) is 52.4 Å². The third-order valence-electron chi connectivity index (χ3n) is 16.5. The molecule has 0 amide bonds. The van der Waals surface area contributed by atoms with Gasteiger partial charge in [-0.3, -0.25) is 30.0 Å². The largest absolute Gasteiger partial charge is 0.440 e. The molecule has 13 nitrogen and oxygen atoms in total. The molecule has 0 fully saturated rings. The number of hydrogen-bond acceptors (Lipinski definition) is 12. The van der Waals surface area contributed by atoms with Gasteiger partial charge in [-0.25, -0.2) is 9.97 Å². The molecule has 0 spiro atoms. The van der Waals surface area contributed by atoms with E-state index >= 15 is 0 Å². The Bertz CT molecular complexity index is 3950. The molecule has 7 aromatic heterocycles. The van der Waals surface area contributed by atoms with Crippen molar-refractivity contribution in [3.05, 3.63) is 258 Å². The lowest BCUT2D eigenvalue weighted by atomic mass is 9.87. The number of benzene rings is 4. The number of hydrogen-bond donors (Lipinski definition) is 2. The zero-order chi connectivity index (χ0) is 79.6. The Morgan fingerprint density at radius 1 is 0.393 bits per heavy atom. The summed E-state index contributed by atoms with van der Waals surface area (Å²) in [4.78, 5) is 30.2. The fourth-order valence-corrected chi connectivity index (χ4v) is 10.5. The highest BCUT2D eigenvalue weighted by Gasteiger charge is 2.26. The van der Waals surface area contributed by atoms with Crippen molar-refractivity contribution in [2.45, 2.75) is 271 Å². The average molecular weight is 1470 g/mol. The predicted octanol–water partition coefficient (Wildman–Crippen LogP) is 26.0. The summed E-state index contributed by atoms with van der Waals surface area (Å²) < 4.78 is 6.91. The average Bonchev–Trinajstić information content (AvgIpc) is 1.68. The van der Waals surface area contributed by atoms with E-state index in [1.807, 2.05) is 91.7 Å². The number of thiazole rings is 1. The third-order valence-corrected chi connectivity index (χ3v) is 18.0. The van der Waals surface area contributed by atoms with Crippen molar-refractivity contribution in [1.82, 2.24) is 50.5 Å². The molecule has 14 heteroatoms. The SMILES string of the molecule is C.CC(C)(C)C1=NC=CC1.CC(C)(C)C1=Nc2ccccc2C1.CC(C)(C)c1ccccc1.CC(C)(C)c1ccccn1.CC(C)(C)c1cccnc1.CC(C)(C)c1ccn[nH]1.CC(C)(C)c1ccncc1.CC(C)(C)c1cn[nH]n1.CC(C)(C)c1nc2ccccc2o1.CC(C)(C)c1nc2ccccc2s1. The van der Waals surface area contributed by atoms with Crippen LogP contribution in [0.3, 0.4) is 0 Å². The zero-order valence-electron chi connectivity index (χ0n) is 70.3. The standard InChI is InChI=1S/C12H15N.C11H13NO.C11H13NS.C10H14.3C9H13N.C8H13N.C7H12N2.C6H11N3.CH4/c1-12(2,3)11-8-9-6-4-5-7-10(9)13-11;2*1-11(2,3)10-12-8-6-4-5-7-9(8)13-10;1-10(2,3)9-7-5-4-6-8-9;1-9(2,3)8-4-6-10-7-5-8;1-9(2,3)8-5-4-6-10-7-8;1-9(2,3)8-6-4-5-7-10-8;1-8(2,3)7-5-4-6-9-7;1-7(2,3)6-4-5-8-9-6;1-6(2,3)5-4-7-9-8-5;/h4-7H,8H2,1-3H3;2*4-7H,1-3H3;4-8H,1-3H3;3*4-7H,1-3H3;4,6H,5H2,1-3H3;4-5H,1-3H3,(H,8,9);4H,1-3H3,(H,7,8,9);1H4. The Morgan fingerprint density at radius 3 is 1.32 bits per heavy atom. The second-order valence-electron chi connectivity index (χ2n) is 36.9. The maximum atomic E-state index is 5.62. The normalized spacial score (nSPS) is 12.7. The molecule has 0 aliphatic carbocycles. The first-order valence-electron chi connectivity index (χ1n) is 37.2. The molecule has 0 radical (unpaired) electrons. The summed E-state index contributed by atoms with van der Waals surface area (Å²) in [7, 11) is 0. The first-order valence-corrected chi connectivity index (χ1v) is 38.0. The van der Waals surface area contributed by atoms with Gasteiger partial charge in [0.15, 0.2) is 5.58 Å². The zero-order valence-corrected chi connectivity index (χ0v) is 71.1. The molecule has 9 heterocycles. The number of nitrogens with zero attached hydrogens (tertiary/aromatic N) is 10. The van der Waals surface area contributed by atoms with E-state index < -0.39 is 0 Å². The van der Waals surface area contributed by atoms with Crippen LogP contribution in [0.4, 0.5) is 5.69 Å². The number of fused-ring (bicyclic) bond motifs is 3. The molecule has 2 aliphatic rings. The fourth-order valence-electron chi connectivity index (χ4n) is 9.45. The molecular weight excluding hydrogens is 1330 g/mol. The smallest absolute Gasteiger partial charge is 0.200 e. The van der Waals surface area contributed by atoms with Gasteiger partial charge >= 0.3 is 0 Å². The highest BCUT2D eigenvalue weighted by Crippen LogP contribution is 2.34. The van der Waals surface area contributed by atoms with E-state index in [2.05, 4.69) is 365 Å². The lowest BCUT2D eigenvalue weighted by Crippen LogP contribution is -2.19. The lowest BCUT2D eigenvalue weighted by Gasteiger charge is -2.18. The Hall–Kier alpha value is -8.88. The Labute approximate surface area is 650 Å². The van der Waals surface area contributed by atoms with Gasteiger partial charge in [-0.1, -0.05) is 306 Å². The summed E-state index contributed by atoms with van der Waals surface area (Å²) in [6.07, 6.45) is 18.8. The molecule has 0 saturated carbocycles. The van der Waals surface area contributed by atoms with E-state index in [1.54, 1.807) is 29.9 Å². The summed E-state index contributed by atoms with van der Waals surface area (Å²) in [5, 5.41) is 18.2. The van der Waals surface area contributed by atoms with Crippen LogP contribution in [0.15, 0.2) is 222 Å². The Balaban J connectivity index is 0.000000309. The van der Waals surface area contributed by atoms with Gasteiger partial charge in [0.05, 0.1) is 32.8 Å². The first kappa shape index (κ1) is 92.3. The third kappa shape index (κ3) is 33.8. The summed E-state index contributed by atoms with van der Waals surface area (Å²) in [6.45, 7) is 65.2. The van der Waals surface area contributed by atoms with E-state index in [0.29, 0.717) is 5.41 Å². The van der Waals surface area contributed by atoms with Crippen LogP contribution in [0.5, 0.6) is 0 Å². The molecule has 13 rings (SSSR count). The molecule has 107 heavy (non-hydrogen) atoms. The highest BCUT2D eigenvalue weighted by molar-refractivity contribution is 7.18.